The van der Waals surface area contributed by atoms with Crippen LogP contribution < -0.4 is 5.73 Å². The molecule has 0 radical (unpaired) electrons. The van der Waals surface area contributed by atoms with Crippen LogP contribution in [0.15, 0.2) is 12.7 Å². The standard InChI is InChI=1S/C8H13N3S/c1-3-5-7-8(6(9)4-2)12-11-10-7/h4,6H,2-3,5,9H2,1H3. The second-order valence-electron chi connectivity index (χ2n) is 2.60. The van der Waals surface area contributed by atoms with Gasteiger partial charge in [-0.05, 0) is 18.0 Å². The van der Waals surface area contributed by atoms with Gasteiger partial charge in [-0.1, -0.05) is 23.9 Å². The van der Waals surface area contributed by atoms with Crippen molar-refractivity contribution in [2.75, 3.05) is 0 Å². The van der Waals surface area contributed by atoms with Crippen LogP contribution in [-0.2, 0) is 6.42 Å². The van der Waals surface area contributed by atoms with Crippen molar-refractivity contribution < 1.29 is 0 Å². The van der Waals surface area contributed by atoms with Crippen molar-refractivity contribution in [2.45, 2.75) is 25.8 Å². The van der Waals surface area contributed by atoms with Gasteiger partial charge < -0.3 is 5.73 Å². The number of rotatable bonds is 4. The maximum atomic E-state index is 5.78. The van der Waals surface area contributed by atoms with E-state index in [1.807, 2.05) is 0 Å². The van der Waals surface area contributed by atoms with E-state index in [4.69, 9.17) is 5.73 Å². The summed E-state index contributed by atoms with van der Waals surface area (Å²) in [5, 5.41) is 4.02. The van der Waals surface area contributed by atoms with Crippen LogP contribution in [-0.4, -0.2) is 9.59 Å². The SMILES string of the molecule is C=CC(N)c1snnc1CCC. The van der Waals surface area contributed by atoms with E-state index in [1.54, 1.807) is 6.08 Å². The topological polar surface area (TPSA) is 51.8 Å². The van der Waals surface area contributed by atoms with Crippen molar-refractivity contribution in [3.8, 4) is 0 Å². The Bertz CT molecular complexity index is 257. The molecule has 0 amide bonds. The number of nitrogens with zero attached hydrogens (tertiary/aromatic N) is 2. The minimum Gasteiger partial charge on any atom is -0.320 e. The molecule has 1 aromatic heterocycles. The molecule has 2 N–H and O–H groups in total. The van der Waals surface area contributed by atoms with Crippen LogP contribution in [0.5, 0.6) is 0 Å². The molecular weight excluding hydrogens is 170 g/mol. The average Bonchev–Trinajstić information content (AvgIpc) is 2.52. The Hall–Kier alpha value is -0.740. The van der Waals surface area contributed by atoms with Crippen LogP contribution >= 0.6 is 11.5 Å². The fourth-order valence-corrected chi connectivity index (χ4v) is 1.68. The van der Waals surface area contributed by atoms with Crippen molar-refractivity contribution in [1.29, 1.82) is 0 Å². The number of aromatic nitrogens is 2. The molecule has 0 aromatic carbocycles. The Labute approximate surface area is 76.5 Å². The van der Waals surface area contributed by atoms with Gasteiger partial charge in [-0.15, -0.1) is 11.7 Å². The highest BCUT2D eigenvalue weighted by atomic mass is 32.1. The second kappa shape index (κ2) is 4.33. The van der Waals surface area contributed by atoms with E-state index in [9.17, 15) is 0 Å². The largest absolute Gasteiger partial charge is 0.320 e. The quantitative estimate of drug-likeness (QED) is 0.722. The molecule has 66 valence electrons. The Balaban J connectivity index is 2.82. The first-order chi connectivity index (χ1) is 5.79. The lowest BCUT2D eigenvalue weighted by atomic mass is 10.1. The molecule has 0 aliphatic rings. The summed E-state index contributed by atoms with van der Waals surface area (Å²) in [6, 6.07) is -0.105. The molecule has 4 heteroatoms. The van der Waals surface area contributed by atoms with Gasteiger partial charge in [0, 0.05) is 0 Å². The van der Waals surface area contributed by atoms with E-state index in [-0.39, 0.29) is 6.04 Å². The molecule has 0 aliphatic heterocycles. The number of nitrogens with two attached hydrogens (primary N) is 1. The highest BCUT2D eigenvalue weighted by molar-refractivity contribution is 7.05. The summed E-state index contributed by atoms with van der Waals surface area (Å²) >= 11 is 1.36. The zero-order chi connectivity index (χ0) is 8.97. The van der Waals surface area contributed by atoms with Gasteiger partial charge in [0.1, 0.15) is 0 Å². The van der Waals surface area contributed by atoms with E-state index in [0.717, 1.165) is 23.4 Å². The van der Waals surface area contributed by atoms with E-state index < -0.39 is 0 Å². The first kappa shape index (κ1) is 9.35. The molecule has 1 rings (SSSR count). The van der Waals surface area contributed by atoms with Gasteiger partial charge in [-0.25, -0.2) is 0 Å². The Morgan fingerprint density at radius 1 is 1.75 bits per heavy atom. The lowest BCUT2D eigenvalue weighted by molar-refractivity contribution is 0.827. The van der Waals surface area contributed by atoms with E-state index in [2.05, 4.69) is 23.1 Å². The third kappa shape index (κ3) is 1.89. The smallest absolute Gasteiger partial charge is 0.0806 e. The molecule has 1 unspecified atom stereocenters. The summed E-state index contributed by atoms with van der Waals surface area (Å²) in [4.78, 5) is 1.05. The fourth-order valence-electron chi connectivity index (χ4n) is 0.986. The molecule has 1 heterocycles. The molecule has 12 heavy (non-hydrogen) atoms. The molecule has 0 spiro atoms. The van der Waals surface area contributed by atoms with Crippen LogP contribution in [0, 0.1) is 0 Å². The highest BCUT2D eigenvalue weighted by Crippen LogP contribution is 2.19. The normalized spacial score (nSPS) is 12.8. The summed E-state index contributed by atoms with van der Waals surface area (Å²) < 4.78 is 3.87. The van der Waals surface area contributed by atoms with Crippen LogP contribution in [0.3, 0.4) is 0 Å². The zero-order valence-electron chi connectivity index (χ0n) is 7.16. The minimum atomic E-state index is -0.105. The summed E-state index contributed by atoms with van der Waals surface area (Å²) in [5.41, 5.74) is 6.81. The minimum absolute atomic E-state index is 0.105. The Morgan fingerprint density at radius 3 is 3.08 bits per heavy atom. The Morgan fingerprint density at radius 2 is 2.50 bits per heavy atom. The van der Waals surface area contributed by atoms with Crippen LogP contribution in [0.1, 0.15) is 30.0 Å². The molecule has 1 aromatic rings. The van der Waals surface area contributed by atoms with Gasteiger partial charge >= 0.3 is 0 Å². The molecule has 0 aliphatic carbocycles. The summed E-state index contributed by atoms with van der Waals surface area (Å²) in [5.74, 6) is 0. The molecule has 0 saturated heterocycles. The number of hydrogen-bond donors (Lipinski definition) is 1. The van der Waals surface area contributed by atoms with E-state index in [1.165, 1.54) is 11.5 Å². The molecule has 0 saturated carbocycles. The van der Waals surface area contributed by atoms with Gasteiger partial charge in [0.05, 0.1) is 16.6 Å². The van der Waals surface area contributed by atoms with E-state index >= 15 is 0 Å². The average molecular weight is 183 g/mol. The summed E-state index contributed by atoms with van der Waals surface area (Å²) in [7, 11) is 0. The maximum Gasteiger partial charge on any atom is 0.0806 e. The van der Waals surface area contributed by atoms with Crippen molar-refractivity contribution in [1.82, 2.24) is 9.59 Å². The number of hydrogen-bond acceptors (Lipinski definition) is 4. The predicted octanol–water partition coefficient (Wildman–Crippen LogP) is 1.68. The summed E-state index contributed by atoms with van der Waals surface area (Å²) in [6.45, 7) is 5.76. The van der Waals surface area contributed by atoms with Crippen molar-refractivity contribution in [3.05, 3.63) is 23.2 Å². The van der Waals surface area contributed by atoms with Gasteiger partial charge in [0.25, 0.3) is 0 Å². The lowest BCUT2D eigenvalue weighted by Crippen LogP contribution is -2.07. The second-order valence-corrected chi connectivity index (χ2v) is 3.38. The van der Waals surface area contributed by atoms with Gasteiger partial charge in [0.2, 0.25) is 0 Å². The number of aryl methyl sites for hydroxylation is 1. The fraction of sp³-hybridized carbons (Fsp3) is 0.500. The zero-order valence-corrected chi connectivity index (χ0v) is 7.97. The summed E-state index contributed by atoms with van der Waals surface area (Å²) in [6.07, 6.45) is 3.74. The van der Waals surface area contributed by atoms with Gasteiger partial charge in [-0.2, -0.15) is 0 Å². The van der Waals surface area contributed by atoms with Crippen LogP contribution in [0.25, 0.3) is 0 Å². The molecule has 1 atom stereocenters. The maximum absolute atomic E-state index is 5.78. The molecule has 0 bridgehead atoms. The van der Waals surface area contributed by atoms with Gasteiger partial charge in [-0.3, -0.25) is 0 Å². The monoisotopic (exact) mass is 183 g/mol. The third-order valence-electron chi connectivity index (χ3n) is 1.63. The predicted molar refractivity (Wildman–Crippen MR) is 51.0 cm³/mol. The third-order valence-corrected chi connectivity index (χ3v) is 2.50. The first-order valence-electron chi connectivity index (χ1n) is 3.98. The molecule has 3 nitrogen and oxygen atoms in total. The van der Waals surface area contributed by atoms with Crippen molar-refractivity contribution >= 4 is 11.5 Å². The molecule has 0 fully saturated rings. The van der Waals surface area contributed by atoms with Gasteiger partial charge in [0.15, 0.2) is 0 Å². The van der Waals surface area contributed by atoms with Crippen LogP contribution in [0.4, 0.5) is 0 Å². The Kier molecular flexibility index (Phi) is 3.37. The van der Waals surface area contributed by atoms with Crippen molar-refractivity contribution in [2.24, 2.45) is 5.73 Å². The van der Waals surface area contributed by atoms with Crippen molar-refractivity contribution in [3.63, 3.8) is 0 Å². The first-order valence-corrected chi connectivity index (χ1v) is 4.76. The van der Waals surface area contributed by atoms with Crippen LogP contribution in [0.2, 0.25) is 0 Å². The highest BCUT2D eigenvalue weighted by Gasteiger charge is 2.11. The lowest BCUT2D eigenvalue weighted by Gasteiger charge is -2.02. The molecular formula is C8H13N3S. The van der Waals surface area contributed by atoms with E-state index in [0.29, 0.717) is 0 Å².